The van der Waals surface area contributed by atoms with Gasteiger partial charge in [-0.25, -0.2) is 4.98 Å². The minimum atomic E-state index is 0.186. The molecule has 0 atom stereocenters. The maximum Gasteiger partial charge on any atom is 0.208 e. The Balaban J connectivity index is 2.37. The maximum absolute atomic E-state index is 8.98. The predicted octanol–water partition coefficient (Wildman–Crippen LogP) is 1.97. The Bertz CT molecular complexity index is 286. The van der Waals surface area contributed by atoms with Gasteiger partial charge in [0.2, 0.25) is 5.89 Å². The minimum Gasteiger partial charge on any atom is -0.445 e. The minimum absolute atomic E-state index is 0.186. The topological polar surface area (TPSA) is 49.5 Å². The molecule has 16 heavy (non-hydrogen) atoms. The molecule has 1 heterocycles. The standard InChI is InChI=1S/C12H22N2O2/c1-3-4-5-6-14(7-8-15)10-12-13-9-11(2)16-12/h9,15H,3-8,10H2,1-2H3. The molecule has 1 rings (SSSR count). The van der Waals surface area contributed by atoms with Gasteiger partial charge in [0.15, 0.2) is 0 Å². The molecular formula is C12H22N2O2. The van der Waals surface area contributed by atoms with E-state index in [0.29, 0.717) is 13.1 Å². The summed E-state index contributed by atoms with van der Waals surface area (Å²) in [5, 5.41) is 8.98. The lowest BCUT2D eigenvalue weighted by Gasteiger charge is -2.19. The Labute approximate surface area is 97.3 Å². The van der Waals surface area contributed by atoms with Crippen molar-refractivity contribution >= 4 is 0 Å². The summed E-state index contributed by atoms with van der Waals surface area (Å²) in [7, 11) is 0. The highest BCUT2D eigenvalue weighted by Crippen LogP contribution is 2.07. The number of aliphatic hydroxyl groups is 1. The Morgan fingerprint density at radius 2 is 2.19 bits per heavy atom. The van der Waals surface area contributed by atoms with Gasteiger partial charge in [-0.05, 0) is 19.9 Å². The van der Waals surface area contributed by atoms with Crippen LogP contribution in [-0.2, 0) is 6.54 Å². The highest BCUT2D eigenvalue weighted by atomic mass is 16.4. The number of unbranched alkanes of at least 4 members (excludes halogenated alkanes) is 2. The first-order valence-electron chi connectivity index (χ1n) is 6.00. The van der Waals surface area contributed by atoms with Crippen LogP contribution < -0.4 is 0 Å². The molecule has 0 radical (unpaired) electrons. The molecule has 4 heteroatoms. The van der Waals surface area contributed by atoms with Crippen molar-refractivity contribution in [3.05, 3.63) is 17.8 Å². The molecule has 4 nitrogen and oxygen atoms in total. The molecule has 92 valence electrons. The molecule has 0 fully saturated rings. The molecule has 0 unspecified atom stereocenters. The van der Waals surface area contributed by atoms with E-state index in [-0.39, 0.29) is 6.61 Å². The van der Waals surface area contributed by atoms with E-state index in [4.69, 9.17) is 9.52 Å². The second-order valence-corrected chi connectivity index (χ2v) is 4.07. The number of aliphatic hydroxyl groups excluding tert-OH is 1. The summed E-state index contributed by atoms with van der Waals surface area (Å²) in [5.74, 6) is 1.58. The number of hydrogen-bond acceptors (Lipinski definition) is 4. The molecule has 0 aliphatic rings. The summed E-state index contributed by atoms with van der Waals surface area (Å²) in [6, 6.07) is 0. The van der Waals surface area contributed by atoms with Crippen molar-refractivity contribution in [2.24, 2.45) is 0 Å². The summed E-state index contributed by atoms with van der Waals surface area (Å²) in [6.45, 7) is 6.64. The van der Waals surface area contributed by atoms with Crippen molar-refractivity contribution in [3.8, 4) is 0 Å². The van der Waals surface area contributed by atoms with Crippen LogP contribution in [0, 0.1) is 6.92 Å². The molecule has 0 aromatic carbocycles. The number of rotatable bonds is 8. The second kappa shape index (κ2) is 7.41. The molecule has 0 saturated heterocycles. The highest BCUT2D eigenvalue weighted by molar-refractivity contribution is 4.90. The van der Waals surface area contributed by atoms with Crippen LogP contribution in [0.2, 0.25) is 0 Å². The summed E-state index contributed by atoms with van der Waals surface area (Å²) in [5.41, 5.74) is 0. The highest BCUT2D eigenvalue weighted by Gasteiger charge is 2.08. The molecule has 1 aromatic rings. The fourth-order valence-corrected chi connectivity index (χ4v) is 1.66. The second-order valence-electron chi connectivity index (χ2n) is 4.07. The van der Waals surface area contributed by atoms with Crippen LogP contribution in [0.15, 0.2) is 10.6 Å². The van der Waals surface area contributed by atoms with E-state index in [0.717, 1.165) is 24.6 Å². The Morgan fingerprint density at radius 3 is 2.75 bits per heavy atom. The van der Waals surface area contributed by atoms with Gasteiger partial charge in [-0.15, -0.1) is 0 Å². The molecule has 0 spiro atoms. The summed E-state index contributed by atoms with van der Waals surface area (Å²) < 4.78 is 5.43. The molecule has 0 amide bonds. The SMILES string of the molecule is CCCCCN(CCO)Cc1ncc(C)o1. The van der Waals surface area contributed by atoms with Crippen LogP contribution in [0.5, 0.6) is 0 Å². The third-order valence-electron chi connectivity index (χ3n) is 2.52. The third-order valence-corrected chi connectivity index (χ3v) is 2.52. The van der Waals surface area contributed by atoms with Gasteiger partial charge in [0.1, 0.15) is 5.76 Å². The van der Waals surface area contributed by atoms with Gasteiger partial charge in [0.05, 0.1) is 19.3 Å². The van der Waals surface area contributed by atoms with Crippen LogP contribution in [0.4, 0.5) is 0 Å². The van der Waals surface area contributed by atoms with Gasteiger partial charge in [0, 0.05) is 6.54 Å². The number of aromatic nitrogens is 1. The summed E-state index contributed by atoms with van der Waals surface area (Å²) in [6.07, 6.45) is 5.34. The number of nitrogens with zero attached hydrogens (tertiary/aromatic N) is 2. The van der Waals surface area contributed by atoms with Crippen LogP contribution in [0.25, 0.3) is 0 Å². The van der Waals surface area contributed by atoms with Crippen LogP contribution >= 0.6 is 0 Å². The molecule has 1 aromatic heterocycles. The van der Waals surface area contributed by atoms with Crippen LogP contribution in [0.1, 0.15) is 37.8 Å². The normalized spacial score (nSPS) is 11.2. The van der Waals surface area contributed by atoms with Crippen LogP contribution in [-0.4, -0.2) is 34.7 Å². The van der Waals surface area contributed by atoms with Gasteiger partial charge in [-0.3, -0.25) is 4.90 Å². The molecule has 0 aliphatic heterocycles. The van der Waals surface area contributed by atoms with E-state index in [1.165, 1.54) is 12.8 Å². The van der Waals surface area contributed by atoms with Gasteiger partial charge in [0.25, 0.3) is 0 Å². The maximum atomic E-state index is 8.98. The predicted molar refractivity (Wildman–Crippen MR) is 63.1 cm³/mol. The van der Waals surface area contributed by atoms with E-state index in [9.17, 15) is 0 Å². The first kappa shape index (κ1) is 13.2. The zero-order chi connectivity index (χ0) is 11.8. The van der Waals surface area contributed by atoms with Gasteiger partial charge < -0.3 is 9.52 Å². The zero-order valence-electron chi connectivity index (χ0n) is 10.3. The summed E-state index contributed by atoms with van der Waals surface area (Å²) in [4.78, 5) is 6.36. The first-order valence-corrected chi connectivity index (χ1v) is 6.00. The largest absolute Gasteiger partial charge is 0.445 e. The third kappa shape index (κ3) is 4.77. The number of hydrogen-bond donors (Lipinski definition) is 1. The molecule has 0 bridgehead atoms. The van der Waals surface area contributed by atoms with Crippen molar-refractivity contribution in [1.82, 2.24) is 9.88 Å². The van der Waals surface area contributed by atoms with E-state index in [1.54, 1.807) is 6.20 Å². The van der Waals surface area contributed by atoms with Gasteiger partial charge in [-0.2, -0.15) is 0 Å². The van der Waals surface area contributed by atoms with E-state index in [1.807, 2.05) is 6.92 Å². The monoisotopic (exact) mass is 226 g/mol. The lowest BCUT2D eigenvalue weighted by molar-refractivity contribution is 0.175. The Hall–Kier alpha value is -0.870. The lowest BCUT2D eigenvalue weighted by atomic mass is 10.2. The van der Waals surface area contributed by atoms with Crippen molar-refractivity contribution in [2.75, 3.05) is 19.7 Å². The summed E-state index contributed by atoms with van der Waals surface area (Å²) >= 11 is 0. The number of oxazole rings is 1. The van der Waals surface area contributed by atoms with Gasteiger partial charge >= 0.3 is 0 Å². The fraction of sp³-hybridized carbons (Fsp3) is 0.750. The van der Waals surface area contributed by atoms with Gasteiger partial charge in [-0.1, -0.05) is 19.8 Å². The fourth-order valence-electron chi connectivity index (χ4n) is 1.66. The average molecular weight is 226 g/mol. The van der Waals surface area contributed by atoms with Crippen molar-refractivity contribution in [1.29, 1.82) is 0 Å². The number of aryl methyl sites for hydroxylation is 1. The smallest absolute Gasteiger partial charge is 0.208 e. The quantitative estimate of drug-likeness (QED) is 0.688. The van der Waals surface area contributed by atoms with Crippen molar-refractivity contribution in [2.45, 2.75) is 39.7 Å². The molecule has 0 aliphatic carbocycles. The van der Waals surface area contributed by atoms with E-state index < -0.39 is 0 Å². The van der Waals surface area contributed by atoms with E-state index >= 15 is 0 Å². The van der Waals surface area contributed by atoms with Crippen LogP contribution in [0.3, 0.4) is 0 Å². The van der Waals surface area contributed by atoms with E-state index in [2.05, 4.69) is 16.8 Å². The Morgan fingerprint density at radius 1 is 1.38 bits per heavy atom. The lowest BCUT2D eigenvalue weighted by Crippen LogP contribution is -2.27. The molecule has 1 N–H and O–H groups in total. The zero-order valence-corrected chi connectivity index (χ0v) is 10.3. The first-order chi connectivity index (χ1) is 7.76. The van der Waals surface area contributed by atoms with Crippen molar-refractivity contribution in [3.63, 3.8) is 0 Å². The molecule has 0 saturated carbocycles. The Kier molecular flexibility index (Phi) is 6.11. The average Bonchev–Trinajstić information content (AvgIpc) is 2.65. The molecular weight excluding hydrogens is 204 g/mol. The van der Waals surface area contributed by atoms with Crippen molar-refractivity contribution < 1.29 is 9.52 Å².